The van der Waals surface area contributed by atoms with Crippen LogP contribution >= 0.6 is 11.3 Å². The SMILES string of the molecule is CC[C@H](C)[C@H](NC(=O)c1c(-n2cnnn2)sc2c1CCC2)c1nc2ccccc2[nH]1. The van der Waals surface area contributed by atoms with Gasteiger partial charge in [0.25, 0.3) is 5.91 Å². The van der Waals surface area contributed by atoms with Crippen LogP contribution < -0.4 is 5.32 Å². The van der Waals surface area contributed by atoms with Crippen LogP contribution in [0.2, 0.25) is 0 Å². The molecule has 1 amide bonds. The van der Waals surface area contributed by atoms with Gasteiger partial charge in [-0.1, -0.05) is 32.4 Å². The van der Waals surface area contributed by atoms with E-state index in [0.29, 0.717) is 5.56 Å². The molecule has 2 atom stereocenters. The van der Waals surface area contributed by atoms with Crippen LogP contribution in [-0.2, 0) is 12.8 Å². The molecule has 0 fully saturated rings. The van der Waals surface area contributed by atoms with Crippen LogP contribution in [0.15, 0.2) is 30.6 Å². The molecular formula is C21H23N7OS. The van der Waals surface area contributed by atoms with Crippen LogP contribution in [0, 0.1) is 5.92 Å². The molecule has 9 heteroatoms. The summed E-state index contributed by atoms with van der Waals surface area (Å²) in [5.41, 5.74) is 3.71. The molecule has 4 aromatic rings. The van der Waals surface area contributed by atoms with E-state index in [9.17, 15) is 4.79 Å². The number of carbonyl (C=O) groups excluding carboxylic acids is 1. The lowest BCUT2D eigenvalue weighted by molar-refractivity contribution is 0.0920. The van der Waals surface area contributed by atoms with Crippen molar-refractivity contribution in [3.05, 3.63) is 52.4 Å². The maximum Gasteiger partial charge on any atom is 0.255 e. The number of hydrogen-bond donors (Lipinski definition) is 2. The predicted molar refractivity (Wildman–Crippen MR) is 115 cm³/mol. The van der Waals surface area contributed by atoms with Crippen molar-refractivity contribution in [2.24, 2.45) is 5.92 Å². The topological polar surface area (TPSA) is 101 Å². The number of aromatic nitrogens is 6. The van der Waals surface area contributed by atoms with Gasteiger partial charge >= 0.3 is 0 Å². The first-order chi connectivity index (χ1) is 14.7. The number of aromatic amines is 1. The Labute approximate surface area is 177 Å². The number of benzene rings is 1. The molecule has 30 heavy (non-hydrogen) atoms. The third kappa shape index (κ3) is 3.19. The number of rotatable bonds is 6. The molecule has 0 bridgehead atoms. The average Bonchev–Trinajstić information content (AvgIpc) is 3.53. The Hall–Kier alpha value is -3.07. The third-order valence-corrected chi connectivity index (χ3v) is 7.17. The minimum absolute atomic E-state index is 0.0920. The smallest absolute Gasteiger partial charge is 0.255 e. The fraction of sp³-hybridized carbons (Fsp3) is 0.381. The van der Waals surface area contributed by atoms with E-state index in [1.807, 2.05) is 24.3 Å². The minimum atomic E-state index is -0.214. The summed E-state index contributed by atoms with van der Waals surface area (Å²) in [5, 5.41) is 15.6. The largest absolute Gasteiger partial charge is 0.342 e. The molecule has 3 aromatic heterocycles. The van der Waals surface area contributed by atoms with Gasteiger partial charge in [0, 0.05) is 4.88 Å². The molecule has 0 unspecified atom stereocenters. The molecule has 3 heterocycles. The number of tetrazole rings is 1. The van der Waals surface area contributed by atoms with Crippen molar-refractivity contribution in [2.75, 3.05) is 0 Å². The van der Waals surface area contributed by atoms with Gasteiger partial charge in [-0.05, 0) is 53.3 Å². The van der Waals surface area contributed by atoms with Crippen molar-refractivity contribution >= 4 is 28.3 Å². The molecular weight excluding hydrogens is 398 g/mol. The first-order valence-electron chi connectivity index (χ1n) is 10.3. The Kier molecular flexibility index (Phi) is 4.82. The van der Waals surface area contributed by atoms with Crippen molar-refractivity contribution in [3.63, 3.8) is 0 Å². The number of fused-ring (bicyclic) bond motifs is 2. The Balaban J connectivity index is 1.52. The zero-order valence-corrected chi connectivity index (χ0v) is 17.7. The number of imidazole rings is 1. The van der Waals surface area contributed by atoms with E-state index in [-0.39, 0.29) is 17.9 Å². The molecule has 8 nitrogen and oxygen atoms in total. The van der Waals surface area contributed by atoms with Crippen molar-refractivity contribution in [1.82, 2.24) is 35.5 Å². The number of para-hydroxylation sites is 2. The van der Waals surface area contributed by atoms with E-state index < -0.39 is 0 Å². The second kappa shape index (κ2) is 7.64. The lowest BCUT2D eigenvalue weighted by atomic mass is 9.97. The van der Waals surface area contributed by atoms with E-state index >= 15 is 0 Å². The van der Waals surface area contributed by atoms with Crippen molar-refractivity contribution < 1.29 is 4.79 Å². The molecule has 2 N–H and O–H groups in total. The van der Waals surface area contributed by atoms with Crippen LogP contribution in [0.5, 0.6) is 0 Å². The van der Waals surface area contributed by atoms with E-state index in [4.69, 9.17) is 4.98 Å². The van der Waals surface area contributed by atoms with Crippen LogP contribution in [0.4, 0.5) is 0 Å². The summed E-state index contributed by atoms with van der Waals surface area (Å²) in [6, 6.07) is 7.72. The second-order valence-electron chi connectivity index (χ2n) is 7.77. The van der Waals surface area contributed by atoms with Gasteiger partial charge in [-0.25, -0.2) is 4.98 Å². The molecule has 154 valence electrons. The number of nitrogens with zero attached hydrogens (tertiary/aromatic N) is 5. The Morgan fingerprint density at radius 3 is 2.97 bits per heavy atom. The summed E-state index contributed by atoms with van der Waals surface area (Å²) in [5.74, 6) is 0.915. The molecule has 0 radical (unpaired) electrons. The van der Waals surface area contributed by atoms with Crippen LogP contribution in [-0.4, -0.2) is 36.1 Å². The first kappa shape index (κ1) is 18.9. The minimum Gasteiger partial charge on any atom is -0.342 e. The number of carbonyl (C=O) groups is 1. The summed E-state index contributed by atoms with van der Waals surface area (Å²) < 4.78 is 1.59. The molecule has 0 spiro atoms. The second-order valence-corrected chi connectivity index (χ2v) is 8.85. The standard InChI is InChI=1S/C21H23N7OS/c1-3-12(2)18(19-23-14-8-4-5-9-15(14)24-19)25-20(29)17-13-7-6-10-16(13)30-21(17)28-11-22-26-27-28/h4-5,8-9,11-12,18H,3,6-7,10H2,1-2H3,(H,23,24)(H,25,29)/t12-,18-/m0/s1. The molecule has 0 saturated heterocycles. The highest BCUT2D eigenvalue weighted by Crippen LogP contribution is 2.38. The summed E-state index contributed by atoms with van der Waals surface area (Å²) in [7, 11) is 0. The number of aryl methyl sites for hydroxylation is 1. The Morgan fingerprint density at radius 1 is 1.33 bits per heavy atom. The molecule has 1 aliphatic rings. The van der Waals surface area contributed by atoms with Gasteiger partial charge in [-0.2, -0.15) is 4.68 Å². The molecule has 0 saturated carbocycles. The molecule has 1 aliphatic carbocycles. The number of thiophene rings is 1. The van der Waals surface area contributed by atoms with E-state index in [1.165, 1.54) is 4.88 Å². The van der Waals surface area contributed by atoms with Crippen molar-refractivity contribution in [2.45, 2.75) is 45.6 Å². The van der Waals surface area contributed by atoms with Gasteiger partial charge in [-0.3, -0.25) is 4.79 Å². The van der Waals surface area contributed by atoms with Crippen molar-refractivity contribution in [3.8, 4) is 5.00 Å². The fourth-order valence-electron chi connectivity index (χ4n) is 4.09. The third-order valence-electron chi connectivity index (χ3n) is 5.89. The summed E-state index contributed by atoms with van der Waals surface area (Å²) in [6.45, 7) is 4.26. The number of nitrogens with one attached hydrogen (secondary N) is 2. The lowest BCUT2D eigenvalue weighted by Gasteiger charge is -2.23. The highest BCUT2D eigenvalue weighted by Gasteiger charge is 2.31. The van der Waals surface area contributed by atoms with Gasteiger partial charge in [0.05, 0.1) is 22.6 Å². The van der Waals surface area contributed by atoms with E-state index in [2.05, 4.69) is 39.7 Å². The van der Waals surface area contributed by atoms with E-state index in [1.54, 1.807) is 22.3 Å². The van der Waals surface area contributed by atoms with Crippen molar-refractivity contribution in [1.29, 1.82) is 0 Å². The average molecular weight is 422 g/mol. The van der Waals surface area contributed by atoms with Crippen LogP contribution in [0.1, 0.15) is 59.4 Å². The quantitative estimate of drug-likeness (QED) is 0.495. The van der Waals surface area contributed by atoms with E-state index in [0.717, 1.165) is 53.1 Å². The van der Waals surface area contributed by atoms with Gasteiger partial charge in [0.15, 0.2) is 0 Å². The fourth-order valence-corrected chi connectivity index (χ4v) is 5.39. The number of hydrogen-bond acceptors (Lipinski definition) is 6. The normalized spacial score (nSPS) is 15.3. The molecule has 1 aromatic carbocycles. The first-order valence-corrected chi connectivity index (χ1v) is 11.1. The number of H-pyrrole nitrogens is 1. The van der Waals surface area contributed by atoms with Crippen LogP contribution in [0.25, 0.3) is 16.0 Å². The van der Waals surface area contributed by atoms with Gasteiger partial charge < -0.3 is 10.3 Å². The summed E-state index contributed by atoms with van der Waals surface area (Å²) in [6.07, 6.45) is 5.46. The van der Waals surface area contributed by atoms with Gasteiger partial charge in [0.1, 0.15) is 17.2 Å². The van der Waals surface area contributed by atoms with Gasteiger partial charge in [0.2, 0.25) is 0 Å². The predicted octanol–water partition coefficient (Wildman–Crippen LogP) is 3.61. The Morgan fingerprint density at radius 2 is 2.20 bits per heavy atom. The summed E-state index contributed by atoms with van der Waals surface area (Å²) >= 11 is 1.61. The van der Waals surface area contributed by atoms with Crippen LogP contribution in [0.3, 0.4) is 0 Å². The highest BCUT2D eigenvalue weighted by atomic mass is 32.1. The Bertz CT molecular complexity index is 1160. The molecule has 5 rings (SSSR count). The number of amides is 1. The maximum absolute atomic E-state index is 13.6. The molecule has 0 aliphatic heterocycles. The maximum atomic E-state index is 13.6. The van der Waals surface area contributed by atoms with Gasteiger partial charge in [-0.15, -0.1) is 16.4 Å². The monoisotopic (exact) mass is 421 g/mol. The zero-order chi connectivity index (χ0) is 20.7. The summed E-state index contributed by atoms with van der Waals surface area (Å²) in [4.78, 5) is 23.0. The highest BCUT2D eigenvalue weighted by molar-refractivity contribution is 7.15. The lowest BCUT2D eigenvalue weighted by Crippen LogP contribution is -2.34. The zero-order valence-electron chi connectivity index (χ0n) is 16.9.